The summed E-state index contributed by atoms with van der Waals surface area (Å²) in [6.45, 7) is 6.78. The molecule has 0 unspecified atom stereocenters. The fourth-order valence-electron chi connectivity index (χ4n) is 3.27. The summed E-state index contributed by atoms with van der Waals surface area (Å²) in [4.78, 5) is 20.1. The third-order valence-electron chi connectivity index (χ3n) is 4.88. The van der Waals surface area contributed by atoms with Crippen molar-refractivity contribution >= 4 is 50.5 Å². The quantitative estimate of drug-likeness (QED) is 0.348. The lowest BCUT2D eigenvalue weighted by molar-refractivity contribution is -0.122. The van der Waals surface area contributed by atoms with Gasteiger partial charge in [0.15, 0.2) is 5.17 Å². The molecule has 0 saturated carbocycles. The van der Waals surface area contributed by atoms with Crippen molar-refractivity contribution in [2.24, 2.45) is 4.99 Å². The van der Waals surface area contributed by atoms with Crippen molar-refractivity contribution in [2.75, 3.05) is 6.54 Å². The van der Waals surface area contributed by atoms with Crippen molar-refractivity contribution in [3.63, 3.8) is 0 Å². The van der Waals surface area contributed by atoms with E-state index in [9.17, 15) is 4.79 Å². The van der Waals surface area contributed by atoms with Crippen LogP contribution in [0.4, 0.5) is 5.69 Å². The van der Waals surface area contributed by atoms with Crippen LogP contribution in [-0.2, 0) is 4.79 Å². The number of amides is 1. The molecule has 1 aromatic heterocycles. The van der Waals surface area contributed by atoms with Gasteiger partial charge in [-0.2, -0.15) is 0 Å². The second kappa shape index (κ2) is 9.28. The van der Waals surface area contributed by atoms with Crippen molar-refractivity contribution in [3.8, 4) is 11.3 Å². The van der Waals surface area contributed by atoms with Gasteiger partial charge in [-0.25, -0.2) is 4.99 Å². The number of carbonyl (C=O) groups excluding carboxylic acids is 1. The average molecular weight is 495 g/mol. The van der Waals surface area contributed by atoms with E-state index in [-0.39, 0.29) is 5.91 Å². The number of aryl methyl sites for hydroxylation is 2. The summed E-state index contributed by atoms with van der Waals surface area (Å²) < 4.78 is 7.01. The maximum absolute atomic E-state index is 13.0. The molecule has 0 atom stereocenters. The van der Waals surface area contributed by atoms with Crippen LogP contribution in [0.5, 0.6) is 0 Å². The topological polar surface area (TPSA) is 45.8 Å². The van der Waals surface area contributed by atoms with Gasteiger partial charge in [0.1, 0.15) is 11.5 Å². The lowest BCUT2D eigenvalue weighted by atomic mass is 10.1. The maximum Gasteiger partial charge on any atom is 0.266 e. The van der Waals surface area contributed by atoms with E-state index in [0.717, 1.165) is 27.9 Å². The largest absolute Gasteiger partial charge is 0.457 e. The molecule has 1 saturated heterocycles. The van der Waals surface area contributed by atoms with Gasteiger partial charge in [0.25, 0.3) is 5.91 Å². The summed E-state index contributed by atoms with van der Waals surface area (Å²) in [6, 6.07) is 17.9. The molecule has 3 aromatic rings. The van der Waals surface area contributed by atoms with Gasteiger partial charge >= 0.3 is 0 Å². The van der Waals surface area contributed by atoms with Crippen LogP contribution in [0, 0.1) is 13.8 Å². The van der Waals surface area contributed by atoms with Gasteiger partial charge in [-0.05, 0) is 74.0 Å². The van der Waals surface area contributed by atoms with E-state index < -0.39 is 0 Å². The van der Waals surface area contributed by atoms with Crippen LogP contribution in [0.25, 0.3) is 17.4 Å². The molecule has 0 aliphatic carbocycles. The zero-order valence-electron chi connectivity index (χ0n) is 17.7. The fraction of sp³-hybridized carbons (Fsp3) is 0.200. The summed E-state index contributed by atoms with van der Waals surface area (Å²) in [5.41, 5.74) is 4.18. The van der Waals surface area contributed by atoms with Crippen molar-refractivity contribution in [1.82, 2.24) is 4.90 Å². The molecule has 1 aliphatic rings. The third kappa shape index (κ3) is 4.86. The highest BCUT2D eigenvalue weighted by atomic mass is 79.9. The number of hydrogen-bond donors (Lipinski definition) is 0. The highest BCUT2D eigenvalue weighted by Crippen LogP contribution is 2.36. The van der Waals surface area contributed by atoms with Gasteiger partial charge in [-0.3, -0.25) is 9.69 Å². The summed E-state index contributed by atoms with van der Waals surface area (Å²) >= 11 is 4.99. The van der Waals surface area contributed by atoms with Crippen LogP contribution in [-0.4, -0.2) is 22.5 Å². The second-order valence-corrected chi connectivity index (χ2v) is 9.35. The maximum atomic E-state index is 13.0. The van der Waals surface area contributed by atoms with Crippen LogP contribution < -0.4 is 0 Å². The molecule has 6 heteroatoms. The number of thioether (sulfide) groups is 1. The van der Waals surface area contributed by atoms with Crippen molar-refractivity contribution in [3.05, 3.63) is 80.9 Å². The molecule has 2 heterocycles. The van der Waals surface area contributed by atoms with Gasteiger partial charge in [-0.1, -0.05) is 46.6 Å². The Hall–Kier alpha value is -2.57. The zero-order valence-corrected chi connectivity index (χ0v) is 20.1. The Morgan fingerprint density at radius 1 is 1.06 bits per heavy atom. The molecule has 0 spiro atoms. The highest BCUT2D eigenvalue weighted by Gasteiger charge is 2.33. The van der Waals surface area contributed by atoms with E-state index in [1.807, 2.05) is 62.4 Å². The Kier molecular flexibility index (Phi) is 6.49. The molecular weight excluding hydrogens is 472 g/mol. The normalized spacial score (nSPS) is 16.6. The van der Waals surface area contributed by atoms with Gasteiger partial charge in [0.2, 0.25) is 0 Å². The third-order valence-corrected chi connectivity index (χ3v) is 6.55. The van der Waals surface area contributed by atoms with Gasteiger partial charge < -0.3 is 4.42 Å². The standard InChI is InChI=1S/C25H23BrN2O2S/c1-4-13-28-24(29)23(31-25(28)27-18-8-5-16(2)6-9-18)15-19-10-12-22(30-19)20-11-7-17(3)14-21(20)26/h5-12,14-15H,4,13H2,1-3H3/b23-15+,27-25?. The number of hydrogen-bond acceptors (Lipinski definition) is 4. The summed E-state index contributed by atoms with van der Waals surface area (Å²) in [5.74, 6) is 1.37. The number of nitrogens with zero attached hydrogens (tertiary/aromatic N) is 2. The van der Waals surface area contributed by atoms with Crippen LogP contribution >= 0.6 is 27.7 Å². The van der Waals surface area contributed by atoms with E-state index in [1.165, 1.54) is 22.9 Å². The molecule has 1 aliphatic heterocycles. The molecule has 31 heavy (non-hydrogen) atoms. The molecule has 4 rings (SSSR count). The summed E-state index contributed by atoms with van der Waals surface area (Å²) in [7, 11) is 0. The van der Waals surface area contributed by atoms with Crippen molar-refractivity contribution in [2.45, 2.75) is 27.2 Å². The van der Waals surface area contributed by atoms with E-state index in [1.54, 1.807) is 11.0 Å². The molecule has 158 valence electrons. The zero-order chi connectivity index (χ0) is 22.0. The number of carbonyl (C=O) groups is 1. The molecular formula is C25H23BrN2O2S. The summed E-state index contributed by atoms with van der Waals surface area (Å²) in [5, 5.41) is 0.704. The molecule has 0 N–H and O–H groups in total. The monoisotopic (exact) mass is 494 g/mol. The van der Waals surface area contributed by atoms with Gasteiger partial charge in [-0.15, -0.1) is 0 Å². The first-order valence-corrected chi connectivity index (χ1v) is 11.8. The first kappa shape index (κ1) is 21.7. The molecule has 0 bridgehead atoms. The molecule has 2 aromatic carbocycles. The first-order valence-electron chi connectivity index (χ1n) is 10.2. The average Bonchev–Trinajstić information content (AvgIpc) is 3.30. The molecule has 1 fully saturated rings. The van der Waals surface area contributed by atoms with E-state index >= 15 is 0 Å². The SMILES string of the molecule is CCCN1C(=O)/C(=C\c2ccc(-c3ccc(C)cc3Br)o2)SC1=Nc1ccc(C)cc1. The van der Waals surface area contributed by atoms with E-state index in [0.29, 0.717) is 22.4 Å². The Bertz CT molecular complexity index is 1180. The minimum atomic E-state index is -0.0350. The number of furan rings is 1. The van der Waals surface area contributed by atoms with Crippen LogP contribution in [0.15, 0.2) is 73.4 Å². The number of halogens is 1. The highest BCUT2D eigenvalue weighted by molar-refractivity contribution is 9.10. The van der Waals surface area contributed by atoms with Crippen LogP contribution in [0.2, 0.25) is 0 Å². The number of amidine groups is 1. The van der Waals surface area contributed by atoms with E-state index in [4.69, 9.17) is 9.41 Å². The second-order valence-electron chi connectivity index (χ2n) is 7.48. The number of aliphatic imine (C=N–C) groups is 1. The number of rotatable bonds is 5. The van der Waals surface area contributed by atoms with Crippen LogP contribution in [0.1, 0.15) is 30.2 Å². The molecule has 1 amide bonds. The Balaban J connectivity index is 1.62. The lowest BCUT2D eigenvalue weighted by Gasteiger charge is -2.13. The van der Waals surface area contributed by atoms with Crippen LogP contribution in [0.3, 0.4) is 0 Å². The molecule has 0 radical (unpaired) electrons. The Morgan fingerprint density at radius 3 is 2.52 bits per heavy atom. The lowest BCUT2D eigenvalue weighted by Crippen LogP contribution is -2.29. The number of benzene rings is 2. The minimum Gasteiger partial charge on any atom is -0.457 e. The Labute approximate surface area is 195 Å². The van der Waals surface area contributed by atoms with Crippen molar-refractivity contribution < 1.29 is 9.21 Å². The summed E-state index contributed by atoms with van der Waals surface area (Å²) in [6.07, 6.45) is 2.66. The first-order chi connectivity index (χ1) is 14.9. The van der Waals surface area contributed by atoms with E-state index in [2.05, 4.69) is 28.9 Å². The minimum absolute atomic E-state index is 0.0350. The fourth-order valence-corrected chi connectivity index (χ4v) is 4.96. The Morgan fingerprint density at radius 2 is 1.81 bits per heavy atom. The predicted octanol–water partition coefficient (Wildman–Crippen LogP) is 7.34. The predicted molar refractivity (Wildman–Crippen MR) is 132 cm³/mol. The van der Waals surface area contributed by atoms with Crippen molar-refractivity contribution in [1.29, 1.82) is 0 Å². The van der Waals surface area contributed by atoms with Gasteiger partial charge in [0, 0.05) is 22.7 Å². The molecule has 4 nitrogen and oxygen atoms in total. The smallest absolute Gasteiger partial charge is 0.266 e. The van der Waals surface area contributed by atoms with Gasteiger partial charge in [0.05, 0.1) is 10.6 Å².